The van der Waals surface area contributed by atoms with Gasteiger partial charge in [-0.15, -0.1) is 0 Å². The topological polar surface area (TPSA) is 51.6 Å². The van der Waals surface area contributed by atoms with Crippen LogP contribution in [-0.4, -0.2) is 19.9 Å². The molecule has 0 amide bonds. The van der Waals surface area contributed by atoms with Crippen molar-refractivity contribution in [2.24, 2.45) is 0 Å². The molecule has 0 bridgehead atoms. The van der Waals surface area contributed by atoms with E-state index in [1.165, 1.54) is 38.2 Å². The molecule has 0 aliphatic heterocycles. The monoisotopic (exact) mass is 688 g/mol. The SMILES string of the molecule is c1ccc(-c2nc(-c3ccccc3)nc(-c3ccc(-c4ccc(-c5ccc(-c6nc7ccccc7c7ccccc67)cc5)c5ccccc45)cc3)n2)cc1. The Bertz CT molecular complexity index is 2900. The van der Waals surface area contributed by atoms with E-state index >= 15 is 0 Å². The second-order valence-electron chi connectivity index (χ2n) is 13.4. The molecule has 0 aliphatic carbocycles. The molecule has 0 fully saturated rings. The largest absolute Gasteiger partial charge is 0.247 e. The molecule has 54 heavy (non-hydrogen) atoms. The second-order valence-corrected chi connectivity index (χ2v) is 13.4. The third kappa shape index (κ3) is 5.67. The Morgan fingerprint density at radius 2 is 0.593 bits per heavy atom. The Morgan fingerprint density at radius 1 is 0.222 bits per heavy atom. The van der Waals surface area contributed by atoms with Crippen LogP contribution in [0.15, 0.2) is 194 Å². The van der Waals surface area contributed by atoms with Gasteiger partial charge in [-0.2, -0.15) is 0 Å². The van der Waals surface area contributed by atoms with Gasteiger partial charge in [0.2, 0.25) is 0 Å². The molecule has 8 aromatic carbocycles. The lowest BCUT2D eigenvalue weighted by atomic mass is 9.91. The van der Waals surface area contributed by atoms with Gasteiger partial charge in [-0.05, 0) is 44.5 Å². The lowest BCUT2D eigenvalue weighted by molar-refractivity contribution is 1.07. The first kappa shape index (κ1) is 31.4. The fourth-order valence-electron chi connectivity index (χ4n) is 7.47. The third-order valence-electron chi connectivity index (χ3n) is 10.2. The number of nitrogens with zero attached hydrogens (tertiary/aromatic N) is 4. The number of aromatic nitrogens is 4. The van der Waals surface area contributed by atoms with E-state index in [0.29, 0.717) is 17.5 Å². The van der Waals surface area contributed by atoms with Crippen molar-refractivity contribution in [3.8, 4) is 67.7 Å². The van der Waals surface area contributed by atoms with Crippen molar-refractivity contribution in [1.29, 1.82) is 0 Å². The van der Waals surface area contributed by atoms with Gasteiger partial charge in [0, 0.05) is 33.0 Å². The molecule has 10 aromatic rings. The smallest absolute Gasteiger partial charge is 0.164 e. The first-order valence-electron chi connectivity index (χ1n) is 18.1. The van der Waals surface area contributed by atoms with Crippen LogP contribution in [0.25, 0.3) is 100 Å². The molecule has 252 valence electrons. The molecule has 0 unspecified atom stereocenters. The molecular weight excluding hydrogens is 657 g/mol. The van der Waals surface area contributed by atoms with Gasteiger partial charge < -0.3 is 0 Å². The molecule has 2 aromatic heterocycles. The van der Waals surface area contributed by atoms with Gasteiger partial charge in [-0.3, -0.25) is 0 Å². The molecule has 0 saturated heterocycles. The highest BCUT2D eigenvalue weighted by atomic mass is 15.0. The predicted molar refractivity (Wildman–Crippen MR) is 223 cm³/mol. The van der Waals surface area contributed by atoms with E-state index in [0.717, 1.165) is 44.4 Å². The minimum atomic E-state index is 0.643. The van der Waals surface area contributed by atoms with Crippen LogP contribution in [0.4, 0.5) is 0 Å². The molecule has 0 N–H and O–H groups in total. The highest BCUT2D eigenvalue weighted by Gasteiger charge is 2.15. The molecule has 0 radical (unpaired) electrons. The number of rotatable bonds is 6. The number of para-hydroxylation sites is 1. The van der Waals surface area contributed by atoms with E-state index in [1.807, 2.05) is 60.7 Å². The minimum Gasteiger partial charge on any atom is -0.247 e. The quantitative estimate of drug-likeness (QED) is 0.163. The molecule has 10 rings (SSSR count). The summed E-state index contributed by atoms with van der Waals surface area (Å²) < 4.78 is 0. The Labute approximate surface area is 313 Å². The molecule has 0 atom stereocenters. The summed E-state index contributed by atoms with van der Waals surface area (Å²) in [6.45, 7) is 0. The van der Waals surface area contributed by atoms with E-state index in [-0.39, 0.29) is 0 Å². The third-order valence-corrected chi connectivity index (χ3v) is 10.2. The molecular formula is C50H32N4. The zero-order valence-corrected chi connectivity index (χ0v) is 29.3. The lowest BCUT2D eigenvalue weighted by Gasteiger charge is -2.14. The van der Waals surface area contributed by atoms with Crippen LogP contribution in [0.5, 0.6) is 0 Å². The highest BCUT2D eigenvalue weighted by molar-refractivity contribution is 6.11. The van der Waals surface area contributed by atoms with Crippen LogP contribution in [0, 0.1) is 0 Å². The average Bonchev–Trinajstić information content (AvgIpc) is 3.26. The Hall–Kier alpha value is -7.30. The van der Waals surface area contributed by atoms with Crippen molar-refractivity contribution >= 4 is 32.4 Å². The molecule has 0 spiro atoms. The van der Waals surface area contributed by atoms with Crippen molar-refractivity contribution in [3.05, 3.63) is 194 Å². The second kappa shape index (κ2) is 13.4. The van der Waals surface area contributed by atoms with Crippen molar-refractivity contribution in [3.63, 3.8) is 0 Å². The Balaban J connectivity index is 1.00. The number of fused-ring (bicyclic) bond motifs is 4. The first-order valence-corrected chi connectivity index (χ1v) is 18.1. The molecule has 4 heteroatoms. The summed E-state index contributed by atoms with van der Waals surface area (Å²) in [6, 6.07) is 67.6. The van der Waals surface area contributed by atoms with Gasteiger partial charge in [-0.1, -0.05) is 188 Å². The van der Waals surface area contributed by atoms with Crippen molar-refractivity contribution < 1.29 is 0 Å². The van der Waals surface area contributed by atoms with E-state index in [9.17, 15) is 0 Å². The van der Waals surface area contributed by atoms with Gasteiger partial charge >= 0.3 is 0 Å². The molecule has 2 heterocycles. The standard InChI is InChI=1S/C50H32N4/c1-3-13-36(14-4-1)48-52-49(37-15-5-2-6-16-37)54-50(53-48)38-29-25-34(26-30-38)40-32-31-39(41-17-7-8-18-42(40)41)33-23-27-35(28-24-33)47-45-21-10-9-19-43(45)44-20-11-12-22-46(44)51-47/h1-32H. The lowest BCUT2D eigenvalue weighted by Crippen LogP contribution is -2.00. The van der Waals surface area contributed by atoms with Gasteiger partial charge in [0.25, 0.3) is 0 Å². The summed E-state index contributed by atoms with van der Waals surface area (Å²) in [5.41, 5.74) is 10.6. The van der Waals surface area contributed by atoms with Gasteiger partial charge in [0.05, 0.1) is 11.2 Å². The summed E-state index contributed by atoms with van der Waals surface area (Å²) >= 11 is 0. The van der Waals surface area contributed by atoms with E-state index in [4.69, 9.17) is 19.9 Å². The summed E-state index contributed by atoms with van der Waals surface area (Å²) in [6.07, 6.45) is 0. The van der Waals surface area contributed by atoms with Gasteiger partial charge in [0.1, 0.15) is 0 Å². The zero-order chi connectivity index (χ0) is 35.8. The Morgan fingerprint density at radius 3 is 1.11 bits per heavy atom. The Kier molecular flexibility index (Phi) is 7.77. The fourth-order valence-corrected chi connectivity index (χ4v) is 7.47. The fraction of sp³-hybridized carbons (Fsp3) is 0. The van der Waals surface area contributed by atoms with E-state index in [1.54, 1.807) is 0 Å². The first-order chi connectivity index (χ1) is 26.8. The maximum absolute atomic E-state index is 5.12. The number of hydrogen-bond donors (Lipinski definition) is 0. The van der Waals surface area contributed by atoms with Crippen LogP contribution in [0.1, 0.15) is 0 Å². The maximum atomic E-state index is 5.12. The van der Waals surface area contributed by atoms with E-state index in [2.05, 4.69) is 133 Å². The van der Waals surface area contributed by atoms with Crippen LogP contribution in [0.3, 0.4) is 0 Å². The van der Waals surface area contributed by atoms with Gasteiger partial charge in [0.15, 0.2) is 17.5 Å². The summed E-state index contributed by atoms with van der Waals surface area (Å²) in [5.74, 6) is 1.95. The highest BCUT2D eigenvalue weighted by Crippen LogP contribution is 2.38. The van der Waals surface area contributed by atoms with Crippen molar-refractivity contribution in [2.45, 2.75) is 0 Å². The summed E-state index contributed by atoms with van der Waals surface area (Å²) in [5, 5.41) is 5.97. The van der Waals surface area contributed by atoms with Crippen molar-refractivity contribution in [2.75, 3.05) is 0 Å². The number of hydrogen-bond acceptors (Lipinski definition) is 4. The zero-order valence-electron chi connectivity index (χ0n) is 29.3. The number of pyridine rings is 1. The molecule has 0 aliphatic rings. The van der Waals surface area contributed by atoms with E-state index < -0.39 is 0 Å². The minimum absolute atomic E-state index is 0.643. The number of benzene rings is 8. The molecule has 0 saturated carbocycles. The normalized spacial score (nSPS) is 11.3. The van der Waals surface area contributed by atoms with Gasteiger partial charge in [-0.25, -0.2) is 19.9 Å². The van der Waals surface area contributed by atoms with Crippen LogP contribution in [0.2, 0.25) is 0 Å². The molecule has 4 nitrogen and oxygen atoms in total. The van der Waals surface area contributed by atoms with Crippen LogP contribution in [-0.2, 0) is 0 Å². The van der Waals surface area contributed by atoms with Crippen LogP contribution < -0.4 is 0 Å². The van der Waals surface area contributed by atoms with Crippen LogP contribution >= 0.6 is 0 Å². The van der Waals surface area contributed by atoms with Crippen molar-refractivity contribution in [1.82, 2.24) is 19.9 Å². The summed E-state index contributed by atoms with van der Waals surface area (Å²) in [7, 11) is 0. The summed E-state index contributed by atoms with van der Waals surface area (Å²) in [4.78, 5) is 19.8. The maximum Gasteiger partial charge on any atom is 0.164 e. The average molecular weight is 689 g/mol. The predicted octanol–water partition coefficient (Wildman–Crippen LogP) is 12.7.